The Morgan fingerprint density at radius 3 is 1.02 bits per heavy atom. The molecule has 0 rings (SSSR count). The number of esters is 2. The van der Waals surface area contributed by atoms with E-state index in [0.29, 0.717) is 13.2 Å². The van der Waals surface area contributed by atoms with Crippen LogP contribution in [-0.2, 0) is 19.1 Å². The highest BCUT2D eigenvalue weighted by Gasteiger charge is 2.20. The molecule has 2 unspecified atom stereocenters. The third-order valence-electron chi connectivity index (χ3n) is 12.1. The van der Waals surface area contributed by atoms with Gasteiger partial charge in [0, 0.05) is 13.2 Å². The van der Waals surface area contributed by atoms with E-state index < -0.39 is 0 Å². The van der Waals surface area contributed by atoms with Crippen molar-refractivity contribution in [1.82, 2.24) is 4.90 Å². The van der Waals surface area contributed by atoms with Crippen molar-refractivity contribution in [1.29, 1.82) is 0 Å². The minimum Gasteiger partial charge on any atom is -0.465 e. The molecule has 0 saturated heterocycles. The number of unbranched alkanes of at least 4 members (excludes halogenated alkanes) is 26. The van der Waals surface area contributed by atoms with E-state index in [0.717, 1.165) is 103 Å². The minimum absolute atomic E-state index is 0.0532. The molecule has 0 aliphatic carbocycles. The van der Waals surface area contributed by atoms with Crippen LogP contribution in [0.4, 0.5) is 0 Å². The summed E-state index contributed by atoms with van der Waals surface area (Å²) in [6.45, 7) is 13.7. The van der Waals surface area contributed by atoms with Crippen molar-refractivity contribution in [3.63, 3.8) is 0 Å². The van der Waals surface area contributed by atoms with E-state index >= 15 is 0 Å². The Balaban J connectivity index is 4.01. The van der Waals surface area contributed by atoms with Crippen LogP contribution in [0.5, 0.6) is 0 Å². The van der Waals surface area contributed by atoms with Crippen molar-refractivity contribution in [2.75, 3.05) is 39.5 Å². The third kappa shape index (κ3) is 38.8. The van der Waals surface area contributed by atoms with Crippen molar-refractivity contribution in [3.05, 3.63) is 0 Å². The van der Waals surface area contributed by atoms with Gasteiger partial charge in [-0.3, -0.25) is 9.59 Å². The van der Waals surface area contributed by atoms with Gasteiger partial charge in [-0.25, -0.2) is 0 Å². The molecule has 1 N–H and O–H groups in total. The Morgan fingerprint density at radius 2 is 0.649 bits per heavy atom. The van der Waals surface area contributed by atoms with Crippen molar-refractivity contribution >= 4 is 11.9 Å². The van der Waals surface area contributed by atoms with Gasteiger partial charge < -0.3 is 19.5 Å². The Labute approximate surface area is 356 Å². The third-order valence-corrected chi connectivity index (χ3v) is 12.1. The van der Waals surface area contributed by atoms with Crippen LogP contribution >= 0.6 is 0 Å². The van der Waals surface area contributed by atoms with Crippen LogP contribution in [0.15, 0.2) is 0 Å². The van der Waals surface area contributed by atoms with Crippen molar-refractivity contribution in [3.8, 4) is 0 Å². The van der Waals surface area contributed by atoms with E-state index in [2.05, 4.69) is 32.6 Å². The zero-order valence-electron chi connectivity index (χ0n) is 39.1. The molecule has 0 aromatic carbocycles. The molecule has 0 aromatic heterocycles. The lowest BCUT2D eigenvalue weighted by Crippen LogP contribution is -2.27. The van der Waals surface area contributed by atoms with Gasteiger partial charge in [0.2, 0.25) is 0 Å². The van der Waals surface area contributed by atoms with Gasteiger partial charge in [-0.05, 0) is 70.9 Å². The minimum atomic E-state index is 0.0532. The number of carbonyl (C=O) groups is 2. The number of hydrogen-bond donors (Lipinski definition) is 1. The van der Waals surface area contributed by atoms with Crippen LogP contribution in [0, 0.1) is 11.8 Å². The monoisotopic (exact) mass is 808 g/mol. The number of ether oxygens (including phenoxy) is 2. The van der Waals surface area contributed by atoms with Gasteiger partial charge in [0.1, 0.15) is 0 Å². The van der Waals surface area contributed by atoms with Crippen LogP contribution in [0.2, 0.25) is 0 Å². The Hall–Kier alpha value is -1.14. The van der Waals surface area contributed by atoms with Gasteiger partial charge in [-0.2, -0.15) is 0 Å². The molecule has 0 bridgehead atoms. The smallest absolute Gasteiger partial charge is 0.308 e. The number of hydrogen-bond acceptors (Lipinski definition) is 6. The molecule has 0 fully saturated rings. The van der Waals surface area contributed by atoms with E-state index in [1.165, 1.54) is 154 Å². The van der Waals surface area contributed by atoms with E-state index in [1.807, 2.05) is 0 Å². The highest BCUT2D eigenvalue weighted by atomic mass is 16.5. The average molecular weight is 808 g/mol. The second-order valence-corrected chi connectivity index (χ2v) is 17.7. The van der Waals surface area contributed by atoms with Crippen LogP contribution in [0.1, 0.15) is 265 Å². The number of aliphatic hydroxyl groups is 1. The summed E-state index contributed by atoms with van der Waals surface area (Å²) >= 11 is 0. The summed E-state index contributed by atoms with van der Waals surface area (Å²) in [6, 6.07) is 0. The molecule has 0 spiro atoms. The lowest BCUT2D eigenvalue weighted by atomic mass is 9.94. The summed E-state index contributed by atoms with van der Waals surface area (Å²) in [5.74, 6) is 0.344. The van der Waals surface area contributed by atoms with E-state index in [1.54, 1.807) is 0 Å². The number of aliphatic hydroxyl groups excluding tert-OH is 1. The molecule has 0 saturated carbocycles. The van der Waals surface area contributed by atoms with E-state index in [-0.39, 0.29) is 30.4 Å². The molecule has 0 aliphatic rings. The molecule has 6 heteroatoms. The molecule has 0 aliphatic heterocycles. The molecular formula is C51H101NO5. The van der Waals surface area contributed by atoms with Crippen LogP contribution < -0.4 is 0 Å². The fourth-order valence-corrected chi connectivity index (χ4v) is 8.22. The van der Waals surface area contributed by atoms with Gasteiger partial charge in [0.15, 0.2) is 0 Å². The van der Waals surface area contributed by atoms with Gasteiger partial charge >= 0.3 is 11.9 Å². The summed E-state index contributed by atoms with van der Waals surface area (Å²) in [7, 11) is 0. The molecule has 0 amide bonds. The molecular weight excluding hydrogens is 707 g/mol. The highest BCUT2D eigenvalue weighted by molar-refractivity contribution is 5.72. The molecule has 0 radical (unpaired) electrons. The van der Waals surface area contributed by atoms with Gasteiger partial charge in [-0.1, -0.05) is 207 Å². The normalized spacial score (nSPS) is 12.7. The first-order chi connectivity index (χ1) is 28.0. The topological polar surface area (TPSA) is 76.1 Å². The van der Waals surface area contributed by atoms with E-state index in [4.69, 9.17) is 9.47 Å². The number of nitrogens with zero attached hydrogens (tertiary/aromatic N) is 1. The predicted octanol–water partition coefficient (Wildman–Crippen LogP) is 15.1. The van der Waals surface area contributed by atoms with E-state index in [9.17, 15) is 14.7 Å². The van der Waals surface area contributed by atoms with Gasteiger partial charge in [0.05, 0.1) is 25.0 Å². The standard InChI is InChI=1S/C51H101NO5/c1-5-9-13-16-17-20-25-32-41-49(40-31-15-11-7-3)51(55)57-47-36-29-24-19-22-27-34-43-52(44-37-45-53)42-33-26-21-18-23-28-35-46-56-50(54)48(38-12-8-4)39-30-14-10-6-2/h48-49,53H,5-47H2,1-4H3. The van der Waals surface area contributed by atoms with Crippen LogP contribution in [0.25, 0.3) is 0 Å². The molecule has 2 atom stereocenters. The first kappa shape index (κ1) is 55.9. The molecule has 340 valence electrons. The van der Waals surface area contributed by atoms with Crippen LogP contribution in [0.3, 0.4) is 0 Å². The van der Waals surface area contributed by atoms with Crippen molar-refractivity contribution < 1.29 is 24.2 Å². The summed E-state index contributed by atoms with van der Waals surface area (Å²) < 4.78 is 11.5. The quantitative estimate of drug-likeness (QED) is 0.0487. The first-order valence-electron chi connectivity index (χ1n) is 25.7. The van der Waals surface area contributed by atoms with Crippen LogP contribution in [-0.4, -0.2) is 61.4 Å². The summed E-state index contributed by atoms with van der Waals surface area (Å²) in [5.41, 5.74) is 0. The van der Waals surface area contributed by atoms with Gasteiger partial charge in [0.25, 0.3) is 0 Å². The Morgan fingerprint density at radius 1 is 0.368 bits per heavy atom. The summed E-state index contributed by atoms with van der Waals surface area (Å²) in [6.07, 6.45) is 44.3. The maximum Gasteiger partial charge on any atom is 0.308 e. The Kier molecular flexibility index (Phi) is 45.0. The first-order valence-corrected chi connectivity index (χ1v) is 25.7. The maximum absolute atomic E-state index is 13.0. The lowest BCUT2D eigenvalue weighted by molar-refractivity contribution is -0.150. The maximum atomic E-state index is 13.0. The lowest BCUT2D eigenvalue weighted by Gasteiger charge is -2.22. The zero-order chi connectivity index (χ0) is 41.7. The summed E-state index contributed by atoms with van der Waals surface area (Å²) in [4.78, 5) is 28.2. The van der Waals surface area contributed by atoms with Crippen molar-refractivity contribution in [2.45, 2.75) is 265 Å². The predicted molar refractivity (Wildman–Crippen MR) is 246 cm³/mol. The molecule has 57 heavy (non-hydrogen) atoms. The zero-order valence-corrected chi connectivity index (χ0v) is 39.1. The fraction of sp³-hybridized carbons (Fsp3) is 0.961. The SMILES string of the molecule is CCCCCCCCCCC(CCCCCC)C(=O)OCCCCCCCCCN(CCCO)CCCCCCCCCOC(=O)C(CCCC)CCCCCC. The Bertz CT molecular complexity index is 821. The van der Waals surface area contributed by atoms with Gasteiger partial charge in [-0.15, -0.1) is 0 Å². The highest BCUT2D eigenvalue weighted by Crippen LogP contribution is 2.22. The second kappa shape index (κ2) is 45.9. The largest absolute Gasteiger partial charge is 0.465 e. The second-order valence-electron chi connectivity index (χ2n) is 17.7. The average Bonchev–Trinajstić information content (AvgIpc) is 3.22. The molecule has 0 aromatic rings. The van der Waals surface area contributed by atoms with Crippen molar-refractivity contribution in [2.24, 2.45) is 11.8 Å². The molecule has 0 heterocycles. The summed E-state index contributed by atoms with van der Waals surface area (Å²) in [5, 5.41) is 9.43. The number of rotatable bonds is 47. The molecule has 6 nitrogen and oxygen atoms in total. The number of carbonyl (C=O) groups excluding carboxylic acids is 2. The fourth-order valence-electron chi connectivity index (χ4n) is 8.22.